The number of aromatic nitrogens is 4. The summed E-state index contributed by atoms with van der Waals surface area (Å²) < 4.78 is 8.05. The molecule has 1 N–H and O–H groups in total. The number of carbonyl (C=O) groups is 2. The third-order valence-electron chi connectivity index (χ3n) is 5.19. The van der Waals surface area contributed by atoms with E-state index in [2.05, 4.69) is 34.3 Å². The fraction of sp³-hybridized carbons (Fsp3) is 0.435. The molecule has 1 unspecified atom stereocenters. The lowest BCUT2D eigenvalue weighted by molar-refractivity contribution is -0.113. The van der Waals surface area contributed by atoms with Crippen LogP contribution in [0.1, 0.15) is 52.3 Å². The highest BCUT2D eigenvalue weighted by molar-refractivity contribution is 7.99. The molecule has 0 aliphatic heterocycles. The Labute approximate surface area is 207 Å². The Balaban J connectivity index is 1.63. The molecule has 1 atom stereocenters. The highest BCUT2D eigenvalue weighted by Crippen LogP contribution is 2.27. The molecule has 9 nitrogen and oxygen atoms in total. The molecule has 182 valence electrons. The van der Waals surface area contributed by atoms with Gasteiger partial charge in [0.1, 0.15) is 10.6 Å². The number of hydrogen-bond acceptors (Lipinski definition) is 8. The first kappa shape index (κ1) is 25.7. The van der Waals surface area contributed by atoms with Crippen LogP contribution >= 0.6 is 23.1 Å². The lowest BCUT2D eigenvalue weighted by Crippen LogP contribution is -2.21. The van der Waals surface area contributed by atoms with Crippen molar-refractivity contribution in [2.45, 2.75) is 52.4 Å². The second-order valence-electron chi connectivity index (χ2n) is 8.06. The van der Waals surface area contributed by atoms with Crippen molar-refractivity contribution in [1.29, 1.82) is 0 Å². The minimum Gasteiger partial charge on any atom is -0.483 e. The molecule has 0 saturated heterocycles. The van der Waals surface area contributed by atoms with E-state index >= 15 is 0 Å². The van der Waals surface area contributed by atoms with E-state index in [0.29, 0.717) is 33.2 Å². The van der Waals surface area contributed by atoms with Gasteiger partial charge in [-0.2, -0.15) is 0 Å². The van der Waals surface area contributed by atoms with Gasteiger partial charge in [-0.25, -0.2) is 4.98 Å². The SMILES string of the molecule is CCn1c(SCC(=O)Nc2nc(C)c(C(=O)N(C)C)s2)nnc1C(C)Oc1ccc(C)c(C)c1. The molecule has 0 spiro atoms. The smallest absolute Gasteiger partial charge is 0.265 e. The molecule has 0 fully saturated rings. The number of thiazole rings is 1. The van der Waals surface area contributed by atoms with Gasteiger partial charge in [0.15, 0.2) is 22.2 Å². The number of nitrogens with one attached hydrogen (secondary N) is 1. The molecule has 3 rings (SSSR count). The molecule has 0 bridgehead atoms. The number of benzene rings is 1. The molecule has 3 aromatic rings. The summed E-state index contributed by atoms with van der Waals surface area (Å²) in [6.07, 6.45) is -0.302. The first-order valence-electron chi connectivity index (χ1n) is 10.9. The monoisotopic (exact) mass is 502 g/mol. The van der Waals surface area contributed by atoms with Crippen LogP contribution in [0.2, 0.25) is 0 Å². The first-order chi connectivity index (χ1) is 16.1. The quantitative estimate of drug-likeness (QED) is 0.436. The van der Waals surface area contributed by atoms with Crippen molar-refractivity contribution in [1.82, 2.24) is 24.6 Å². The molecule has 34 heavy (non-hydrogen) atoms. The summed E-state index contributed by atoms with van der Waals surface area (Å²) in [5.74, 6) is 1.26. The lowest BCUT2D eigenvalue weighted by Gasteiger charge is -2.16. The van der Waals surface area contributed by atoms with E-state index in [1.54, 1.807) is 21.0 Å². The molecule has 11 heteroatoms. The van der Waals surface area contributed by atoms with Crippen LogP contribution in [0.5, 0.6) is 5.75 Å². The van der Waals surface area contributed by atoms with Crippen LogP contribution in [0.4, 0.5) is 5.13 Å². The van der Waals surface area contributed by atoms with Gasteiger partial charge in [-0.1, -0.05) is 29.2 Å². The molecule has 1 aromatic carbocycles. The standard InChI is InChI=1S/C23H30N6O3S2/c1-8-29-20(16(5)32-17-10-9-13(2)14(3)11-17)26-27-23(29)33-12-18(30)25-22-24-15(4)19(34-22)21(31)28(6)7/h9-11,16H,8,12H2,1-7H3,(H,24,25,30). The fourth-order valence-corrected chi connectivity index (χ4v) is 5.00. The van der Waals surface area contributed by atoms with Crippen LogP contribution in [0, 0.1) is 20.8 Å². The summed E-state index contributed by atoms with van der Waals surface area (Å²) in [5.41, 5.74) is 2.97. The van der Waals surface area contributed by atoms with Crippen molar-refractivity contribution in [2.24, 2.45) is 0 Å². The maximum atomic E-state index is 12.5. The Bertz CT molecular complexity index is 1190. The summed E-state index contributed by atoms with van der Waals surface area (Å²) in [6, 6.07) is 5.99. The topological polar surface area (TPSA) is 102 Å². The van der Waals surface area contributed by atoms with Crippen molar-refractivity contribution in [2.75, 3.05) is 25.2 Å². The summed E-state index contributed by atoms with van der Waals surface area (Å²) in [5, 5.41) is 12.4. The van der Waals surface area contributed by atoms with Crippen molar-refractivity contribution in [3.05, 3.63) is 45.7 Å². The number of hydrogen-bond donors (Lipinski definition) is 1. The summed E-state index contributed by atoms with van der Waals surface area (Å²) in [4.78, 5) is 31.0. The normalized spacial score (nSPS) is 11.9. The number of nitrogens with zero attached hydrogens (tertiary/aromatic N) is 5. The second kappa shape index (κ2) is 11.0. The molecule has 2 aromatic heterocycles. The van der Waals surface area contributed by atoms with Crippen LogP contribution < -0.4 is 10.1 Å². The fourth-order valence-electron chi connectivity index (χ4n) is 3.19. The first-order valence-corrected chi connectivity index (χ1v) is 12.7. The van der Waals surface area contributed by atoms with Crippen molar-refractivity contribution < 1.29 is 14.3 Å². The maximum Gasteiger partial charge on any atom is 0.265 e. The largest absolute Gasteiger partial charge is 0.483 e. The van der Waals surface area contributed by atoms with E-state index in [1.165, 1.54) is 33.6 Å². The van der Waals surface area contributed by atoms with Gasteiger partial charge in [0.2, 0.25) is 5.91 Å². The zero-order valence-electron chi connectivity index (χ0n) is 20.5. The van der Waals surface area contributed by atoms with Gasteiger partial charge in [0, 0.05) is 20.6 Å². The summed E-state index contributed by atoms with van der Waals surface area (Å²) in [7, 11) is 3.37. The van der Waals surface area contributed by atoms with Gasteiger partial charge in [0.05, 0.1) is 11.4 Å². The number of rotatable bonds is 9. The molecule has 0 saturated carbocycles. The molecule has 0 aliphatic rings. The number of amides is 2. The van der Waals surface area contributed by atoms with Crippen molar-refractivity contribution in [3.8, 4) is 5.75 Å². The molecule has 0 aliphatic carbocycles. The second-order valence-corrected chi connectivity index (χ2v) is 10.0. The Kier molecular flexibility index (Phi) is 8.32. The van der Waals surface area contributed by atoms with E-state index < -0.39 is 0 Å². The Morgan fingerprint density at radius 3 is 2.59 bits per heavy atom. The number of carbonyl (C=O) groups excluding carboxylic acids is 2. The van der Waals surface area contributed by atoms with Gasteiger partial charge in [0.25, 0.3) is 5.91 Å². The minimum absolute atomic E-state index is 0.134. The van der Waals surface area contributed by atoms with Crippen molar-refractivity contribution in [3.63, 3.8) is 0 Å². The predicted octanol–water partition coefficient (Wildman–Crippen LogP) is 4.25. The Morgan fingerprint density at radius 1 is 1.21 bits per heavy atom. The van der Waals surface area contributed by atoms with E-state index in [9.17, 15) is 9.59 Å². The highest BCUT2D eigenvalue weighted by Gasteiger charge is 2.21. The predicted molar refractivity (Wildman–Crippen MR) is 135 cm³/mol. The molecule has 2 heterocycles. The van der Waals surface area contributed by atoms with Gasteiger partial charge in [-0.3, -0.25) is 9.59 Å². The summed E-state index contributed by atoms with van der Waals surface area (Å²) in [6.45, 7) is 10.5. The third kappa shape index (κ3) is 5.95. The number of ether oxygens (including phenoxy) is 1. The zero-order chi connectivity index (χ0) is 25.0. The maximum absolute atomic E-state index is 12.5. The van der Waals surface area contributed by atoms with Crippen LogP contribution in [-0.2, 0) is 11.3 Å². The highest BCUT2D eigenvalue weighted by atomic mass is 32.2. The average molecular weight is 503 g/mol. The zero-order valence-corrected chi connectivity index (χ0v) is 22.1. The lowest BCUT2D eigenvalue weighted by atomic mass is 10.1. The molecular weight excluding hydrogens is 472 g/mol. The van der Waals surface area contributed by atoms with Crippen LogP contribution in [0.3, 0.4) is 0 Å². The van der Waals surface area contributed by atoms with Crippen LogP contribution in [-0.4, -0.2) is 56.3 Å². The van der Waals surface area contributed by atoms with Crippen LogP contribution in [0.25, 0.3) is 0 Å². The third-order valence-corrected chi connectivity index (χ3v) is 7.22. The Hall–Kier alpha value is -2.92. The van der Waals surface area contributed by atoms with E-state index in [4.69, 9.17) is 4.74 Å². The van der Waals surface area contributed by atoms with E-state index in [1.807, 2.05) is 36.6 Å². The van der Waals surface area contributed by atoms with Gasteiger partial charge >= 0.3 is 0 Å². The number of thioether (sulfide) groups is 1. The molecule has 0 radical (unpaired) electrons. The molecular formula is C23H30N6O3S2. The average Bonchev–Trinajstić information content (AvgIpc) is 3.36. The number of anilines is 1. The van der Waals surface area contributed by atoms with E-state index in [0.717, 1.165) is 11.3 Å². The number of aryl methyl sites for hydroxylation is 3. The van der Waals surface area contributed by atoms with Gasteiger partial charge in [-0.05, 0) is 57.9 Å². The Morgan fingerprint density at radius 2 is 1.94 bits per heavy atom. The van der Waals surface area contributed by atoms with Crippen LogP contribution in [0.15, 0.2) is 23.4 Å². The van der Waals surface area contributed by atoms with Crippen molar-refractivity contribution >= 4 is 40.0 Å². The van der Waals surface area contributed by atoms with E-state index in [-0.39, 0.29) is 23.7 Å². The minimum atomic E-state index is -0.302. The van der Waals surface area contributed by atoms with Gasteiger partial charge < -0.3 is 19.5 Å². The van der Waals surface area contributed by atoms with Gasteiger partial charge in [-0.15, -0.1) is 10.2 Å². The molecule has 2 amide bonds. The summed E-state index contributed by atoms with van der Waals surface area (Å²) >= 11 is 2.46.